The number of hydrogen-bond acceptors (Lipinski definition) is 5. The van der Waals surface area contributed by atoms with Crippen molar-refractivity contribution in [2.75, 3.05) is 7.11 Å². The predicted octanol–water partition coefficient (Wildman–Crippen LogP) is 3.59. The summed E-state index contributed by atoms with van der Waals surface area (Å²) in [7, 11) is 1.56. The van der Waals surface area contributed by atoms with Crippen LogP contribution in [0.3, 0.4) is 0 Å². The van der Waals surface area contributed by atoms with Crippen molar-refractivity contribution in [3.05, 3.63) is 59.4 Å². The van der Waals surface area contributed by atoms with Crippen LogP contribution in [0.25, 0.3) is 0 Å². The minimum absolute atomic E-state index is 0.0948. The van der Waals surface area contributed by atoms with Gasteiger partial charge in [0.25, 0.3) is 0 Å². The zero-order valence-electron chi connectivity index (χ0n) is 19.4. The van der Waals surface area contributed by atoms with Crippen molar-refractivity contribution in [2.24, 2.45) is 5.92 Å². The van der Waals surface area contributed by atoms with Crippen molar-refractivity contribution in [3.8, 4) is 11.5 Å². The second kappa shape index (κ2) is 10.9. The average molecular weight is 497 g/mol. The van der Waals surface area contributed by atoms with E-state index in [1.165, 1.54) is 6.07 Å². The molecule has 3 N–H and O–H groups in total. The van der Waals surface area contributed by atoms with E-state index in [4.69, 9.17) is 4.74 Å². The zero-order chi connectivity index (χ0) is 25.8. The van der Waals surface area contributed by atoms with E-state index in [0.29, 0.717) is 12.2 Å². The predicted molar refractivity (Wildman–Crippen MR) is 119 cm³/mol. The Morgan fingerprint density at radius 3 is 2.43 bits per heavy atom. The molecule has 190 valence electrons. The first kappa shape index (κ1) is 26.3. The van der Waals surface area contributed by atoms with E-state index in [-0.39, 0.29) is 23.8 Å². The topological polar surface area (TPSA) is 88.7 Å². The quantitative estimate of drug-likeness (QED) is 0.485. The molecule has 0 bridgehead atoms. The van der Waals surface area contributed by atoms with Gasteiger partial charge in [0.15, 0.2) is 11.6 Å². The minimum Gasteiger partial charge on any atom is -0.497 e. The van der Waals surface area contributed by atoms with Crippen LogP contribution < -0.4 is 25.4 Å². The van der Waals surface area contributed by atoms with Crippen molar-refractivity contribution in [2.45, 2.75) is 51.3 Å². The van der Waals surface area contributed by atoms with Gasteiger partial charge in [0.05, 0.1) is 31.8 Å². The lowest BCUT2D eigenvalue weighted by Gasteiger charge is -2.33. The van der Waals surface area contributed by atoms with Crippen LogP contribution in [0, 0.1) is 11.7 Å². The Labute approximate surface area is 200 Å². The standard InChI is InChI=1S/C24H27F4N3O4/c1-13(2)22(15-6-9-19(17(25)11-15)35-24(26,27)28)31-23(33)18-12-21(32)30-20(29-18)10-14-4-7-16(34-3)8-5-14/h4-9,11,13,18,20,22,29H,10,12H2,1-3H3,(H,30,32)(H,31,33)/t18?,20?,22-/m1/s1. The van der Waals surface area contributed by atoms with E-state index in [2.05, 4.69) is 20.7 Å². The number of carbonyl (C=O) groups is 2. The lowest BCUT2D eigenvalue weighted by molar-refractivity contribution is -0.275. The number of halogens is 4. The second-order valence-corrected chi connectivity index (χ2v) is 8.56. The summed E-state index contributed by atoms with van der Waals surface area (Å²) >= 11 is 0. The maximum absolute atomic E-state index is 14.2. The first-order chi connectivity index (χ1) is 16.4. The van der Waals surface area contributed by atoms with Crippen LogP contribution in [-0.2, 0) is 16.0 Å². The zero-order valence-corrected chi connectivity index (χ0v) is 19.4. The fraction of sp³-hybridized carbons (Fsp3) is 0.417. The Morgan fingerprint density at radius 2 is 1.86 bits per heavy atom. The summed E-state index contributed by atoms with van der Waals surface area (Å²) in [6.07, 6.45) is -5.18. The highest BCUT2D eigenvalue weighted by atomic mass is 19.4. The fourth-order valence-electron chi connectivity index (χ4n) is 3.86. The molecule has 0 radical (unpaired) electrons. The van der Waals surface area contributed by atoms with Gasteiger partial charge in [-0.3, -0.25) is 14.9 Å². The third kappa shape index (κ3) is 7.32. The molecule has 7 nitrogen and oxygen atoms in total. The normalized spacial score (nSPS) is 19.1. The van der Waals surface area contributed by atoms with Gasteiger partial charge in [-0.1, -0.05) is 32.0 Å². The molecule has 35 heavy (non-hydrogen) atoms. The Hall–Kier alpha value is -3.34. The van der Waals surface area contributed by atoms with Gasteiger partial charge in [-0.05, 0) is 41.3 Å². The van der Waals surface area contributed by atoms with Crippen LogP contribution in [-0.4, -0.2) is 37.5 Å². The Bertz CT molecular complexity index is 1040. The molecule has 2 amide bonds. The summed E-state index contributed by atoms with van der Waals surface area (Å²) in [5.74, 6) is -2.46. The summed E-state index contributed by atoms with van der Waals surface area (Å²) in [6.45, 7) is 3.55. The number of ether oxygens (including phenoxy) is 2. The summed E-state index contributed by atoms with van der Waals surface area (Å²) < 4.78 is 60.3. The molecule has 11 heteroatoms. The van der Waals surface area contributed by atoms with E-state index in [9.17, 15) is 27.2 Å². The molecule has 1 aliphatic heterocycles. The van der Waals surface area contributed by atoms with Gasteiger partial charge < -0.3 is 20.1 Å². The van der Waals surface area contributed by atoms with Crippen LogP contribution >= 0.6 is 0 Å². The summed E-state index contributed by atoms with van der Waals surface area (Å²) in [4.78, 5) is 25.3. The Balaban J connectivity index is 1.69. The summed E-state index contributed by atoms with van der Waals surface area (Å²) in [5, 5.41) is 8.70. The number of amides is 2. The van der Waals surface area contributed by atoms with Crippen LogP contribution in [0.2, 0.25) is 0 Å². The molecule has 3 atom stereocenters. The third-order valence-corrected chi connectivity index (χ3v) is 5.55. The third-order valence-electron chi connectivity index (χ3n) is 5.55. The molecule has 0 aliphatic carbocycles. The number of hydrogen-bond donors (Lipinski definition) is 3. The molecule has 1 fully saturated rings. The number of alkyl halides is 3. The van der Waals surface area contributed by atoms with Crippen LogP contribution in [0.1, 0.15) is 37.4 Å². The van der Waals surface area contributed by atoms with Crippen molar-refractivity contribution < 1.29 is 36.6 Å². The fourth-order valence-corrected chi connectivity index (χ4v) is 3.86. The summed E-state index contributed by atoms with van der Waals surface area (Å²) in [5.41, 5.74) is 1.19. The highest BCUT2D eigenvalue weighted by molar-refractivity contribution is 5.89. The number of rotatable bonds is 8. The average Bonchev–Trinajstić information content (AvgIpc) is 2.78. The minimum atomic E-state index is -5.02. The molecule has 3 rings (SSSR count). The van der Waals surface area contributed by atoms with Gasteiger partial charge in [-0.15, -0.1) is 13.2 Å². The molecular formula is C24H27F4N3O4. The van der Waals surface area contributed by atoms with Gasteiger partial charge in [0.1, 0.15) is 5.75 Å². The lowest BCUT2D eigenvalue weighted by atomic mass is 9.95. The lowest BCUT2D eigenvalue weighted by Crippen LogP contribution is -2.61. The van der Waals surface area contributed by atoms with Crippen LogP contribution in [0.15, 0.2) is 42.5 Å². The number of benzene rings is 2. The number of carbonyl (C=O) groups excluding carboxylic acids is 2. The smallest absolute Gasteiger partial charge is 0.497 e. The van der Waals surface area contributed by atoms with Gasteiger partial charge in [-0.2, -0.15) is 0 Å². The van der Waals surface area contributed by atoms with E-state index in [0.717, 1.165) is 17.7 Å². The molecule has 2 unspecified atom stereocenters. The Kier molecular flexibility index (Phi) is 8.21. The molecule has 1 saturated heterocycles. The molecular weight excluding hydrogens is 470 g/mol. The van der Waals surface area contributed by atoms with E-state index >= 15 is 0 Å². The summed E-state index contributed by atoms with van der Waals surface area (Å²) in [6, 6.07) is 8.79. The molecule has 0 spiro atoms. The van der Waals surface area contributed by atoms with Gasteiger partial charge >= 0.3 is 6.36 Å². The SMILES string of the molecule is COc1ccc(CC2NC(=O)CC(C(=O)N[C@@H](c3ccc(OC(F)(F)F)c(F)c3)C(C)C)N2)cc1. The van der Waals surface area contributed by atoms with Gasteiger partial charge in [0, 0.05) is 6.42 Å². The monoisotopic (exact) mass is 497 g/mol. The van der Waals surface area contributed by atoms with Crippen LogP contribution in [0.5, 0.6) is 11.5 Å². The van der Waals surface area contributed by atoms with E-state index in [1.54, 1.807) is 33.1 Å². The molecule has 2 aromatic rings. The largest absolute Gasteiger partial charge is 0.573 e. The van der Waals surface area contributed by atoms with Gasteiger partial charge in [0.2, 0.25) is 11.8 Å². The molecule has 0 aromatic heterocycles. The van der Waals surface area contributed by atoms with Crippen molar-refractivity contribution in [3.63, 3.8) is 0 Å². The second-order valence-electron chi connectivity index (χ2n) is 8.56. The van der Waals surface area contributed by atoms with E-state index < -0.39 is 42.1 Å². The number of nitrogens with one attached hydrogen (secondary N) is 3. The molecule has 2 aromatic carbocycles. The Morgan fingerprint density at radius 1 is 1.17 bits per heavy atom. The van der Waals surface area contributed by atoms with Crippen molar-refractivity contribution in [1.29, 1.82) is 0 Å². The first-order valence-electron chi connectivity index (χ1n) is 11.0. The molecule has 1 aliphatic rings. The van der Waals surface area contributed by atoms with E-state index in [1.807, 2.05) is 12.1 Å². The number of methoxy groups -OCH3 is 1. The maximum atomic E-state index is 14.2. The highest BCUT2D eigenvalue weighted by Gasteiger charge is 2.34. The first-order valence-corrected chi connectivity index (χ1v) is 11.0. The van der Waals surface area contributed by atoms with Crippen molar-refractivity contribution in [1.82, 2.24) is 16.0 Å². The van der Waals surface area contributed by atoms with Gasteiger partial charge in [-0.25, -0.2) is 4.39 Å². The highest BCUT2D eigenvalue weighted by Crippen LogP contribution is 2.30. The maximum Gasteiger partial charge on any atom is 0.573 e. The molecule has 1 heterocycles. The van der Waals surface area contributed by atoms with Crippen LogP contribution in [0.4, 0.5) is 17.6 Å². The van der Waals surface area contributed by atoms with Crippen molar-refractivity contribution >= 4 is 11.8 Å². The molecule has 0 saturated carbocycles.